The van der Waals surface area contributed by atoms with Gasteiger partial charge in [0.25, 0.3) is 5.91 Å². The van der Waals surface area contributed by atoms with E-state index in [9.17, 15) is 4.79 Å². The fourth-order valence-corrected chi connectivity index (χ4v) is 2.13. The second-order valence-corrected chi connectivity index (χ2v) is 4.84. The number of nitrogen functional groups attached to an aromatic ring is 1. The number of anilines is 1. The predicted molar refractivity (Wildman–Crippen MR) is 80.2 cm³/mol. The van der Waals surface area contributed by atoms with Crippen molar-refractivity contribution in [2.24, 2.45) is 0 Å². The number of nitrogens with one attached hydrogen (secondary N) is 1. The molecular formula is C15H20N4O. The van der Waals surface area contributed by atoms with Gasteiger partial charge in [-0.05, 0) is 51.5 Å². The Morgan fingerprint density at radius 1 is 1.35 bits per heavy atom. The van der Waals surface area contributed by atoms with Crippen LogP contribution in [-0.2, 0) is 0 Å². The maximum Gasteiger partial charge on any atom is 0.253 e. The van der Waals surface area contributed by atoms with E-state index in [0.717, 1.165) is 17.0 Å². The van der Waals surface area contributed by atoms with Gasteiger partial charge in [-0.1, -0.05) is 0 Å². The van der Waals surface area contributed by atoms with Crippen LogP contribution < -0.4 is 11.1 Å². The summed E-state index contributed by atoms with van der Waals surface area (Å²) in [7, 11) is 0. The van der Waals surface area contributed by atoms with E-state index in [0.29, 0.717) is 23.5 Å². The van der Waals surface area contributed by atoms with Crippen molar-refractivity contribution in [2.75, 3.05) is 12.3 Å². The average molecular weight is 272 g/mol. The lowest BCUT2D eigenvalue weighted by Gasteiger charge is -2.12. The van der Waals surface area contributed by atoms with Crippen LogP contribution in [0, 0.1) is 20.8 Å². The van der Waals surface area contributed by atoms with Crippen LogP contribution in [0.1, 0.15) is 34.2 Å². The van der Waals surface area contributed by atoms with Gasteiger partial charge < -0.3 is 11.1 Å². The molecule has 1 aromatic carbocycles. The molecule has 0 bridgehead atoms. The third-order valence-corrected chi connectivity index (χ3v) is 3.49. The van der Waals surface area contributed by atoms with Gasteiger partial charge in [-0.15, -0.1) is 0 Å². The molecule has 0 atom stereocenters. The number of aryl methyl sites for hydroxylation is 1. The number of hydrogen-bond donors (Lipinski definition) is 2. The first kappa shape index (κ1) is 14.1. The Hall–Kier alpha value is -2.30. The molecule has 0 saturated carbocycles. The zero-order valence-corrected chi connectivity index (χ0v) is 12.3. The molecule has 5 heteroatoms. The standard InChI is InChI=1S/C15H20N4O/c1-5-17-15(20)13-7-6-12(16)8-14(13)19-11(4)9(2)10(3)18-19/h6-8H,5,16H2,1-4H3,(H,17,20). The summed E-state index contributed by atoms with van der Waals surface area (Å²) >= 11 is 0. The Bertz CT molecular complexity index is 658. The van der Waals surface area contributed by atoms with E-state index in [1.165, 1.54) is 0 Å². The Morgan fingerprint density at radius 2 is 2.05 bits per heavy atom. The third kappa shape index (κ3) is 2.39. The van der Waals surface area contributed by atoms with Crippen LogP contribution in [-0.4, -0.2) is 22.2 Å². The van der Waals surface area contributed by atoms with Crippen LogP contribution in [0.4, 0.5) is 5.69 Å². The van der Waals surface area contributed by atoms with E-state index in [1.54, 1.807) is 22.9 Å². The minimum Gasteiger partial charge on any atom is -0.399 e. The van der Waals surface area contributed by atoms with Gasteiger partial charge in [-0.2, -0.15) is 5.10 Å². The summed E-state index contributed by atoms with van der Waals surface area (Å²) < 4.78 is 1.78. The van der Waals surface area contributed by atoms with Crippen molar-refractivity contribution in [3.8, 4) is 5.69 Å². The number of carbonyl (C=O) groups excluding carboxylic acids is 1. The highest BCUT2D eigenvalue weighted by molar-refractivity contribution is 5.98. The van der Waals surface area contributed by atoms with Crippen LogP contribution in [0.15, 0.2) is 18.2 Å². The smallest absolute Gasteiger partial charge is 0.253 e. The van der Waals surface area contributed by atoms with E-state index in [4.69, 9.17) is 5.73 Å². The SMILES string of the molecule is CCNC(=O)c1ccc(N)cc1-n1nc(C)c(C)c1C. The average Bonchev–Trinajstić information content (AvgIpc) is 2.66. The molecule has 0 spiro atoms. The summed E-state index contributed by atoms with van der Waals surface area (Å²) in [5.74, 6) is -0.118. The fourth-order valence-electron chi connectivity index (χ4n) is 2.13. The van der Waals surface area contributed by atoms with Crippen LogP contribution in [0.2, 0.25) is 0 Å². The zero-order chi connectivity index (χ0) is 14.9. The highest BCUT2D eigenvalue weighted by Gasteiger charge is 2.16. The van der Waals surface area contributed by atoms with E-state index in [2.05, 4.69) is 10.4 Å². The topological polar surface area (TPSA) is 72.9 Å². The van der Waals surface area contributed by atoms with Crippen molar-refractivity contribution in [1.29, 1.82) is 0 Å². The first-order valence-corrected chi connectivity index (χ1v) is 6.66. The van der Waals surface area contributed by atoms with Gasteiger partial charge in [0.1, 0.15) is 0 Å². The molecule has 106 valence electrons. The summed E-state index contributed by atoms with van der Waals surface area (Å²) in [6.07, 6.45) is 0. The number of carbonyl (C=O) groups is 1. The molecule has 1 aromatic heterocycles. The van der Waals surface area contributed by atoms with E-state index in [1.807, 2.05) is 27.7 Å². The van der Waals surface area contributed by atoms with Crippen molar-refractivity contribution in [3.63, 3.8) is 0 Å². The van der Waals surface area contributed by atoms with Gasteiger partial charge in [0.15, 0.2) is 0 Å². The molecule has 0 aliphatic carbocycles. The molecule has 0 aliphatic heterocycles. The molecule has 2 rings (SSSR count). The van der Waals surface area contributed by atoms with Crippen molar-refractivity contribution in [1.82, 2.24) is 15.1 Å². The van der Waals surface area contributed by atoms with E-state index in [-0.39, 0.29) is 5.91 Å². The fraction of sp³-hybridized carbons (Fsp3) is 0.333. The number of amides is 1. The lowest BCUT2D eigenvalue weighted by atomic mass is 10.1. The number of benzene rings is 1. The summed E-state index contributed by atoms with van der Waals surface area (Å²) in [6, 6.07) is 5.25. The number of nitrogens with two attached hydrogens (primary N) is 1. The predicted octanol–water partition coefficient (Wildman–Crippen LogP) is 2.13. The van der Waals surface area contributed by atoms with Crippen molar-refractivity contribution in [2.45, 2.75) is 27.7 Å². The lowest BCUT2D eigenvalue weighted by molar-refractivity contribution is 0.0955. The monoisotopic (exact) mass is 272 g/mol. The second-order valence-electron chi connectivity index (χ2n) is 4.84. The first-order chi connectivity index (χ1) is 9.45. The molecule has 3 N–H and O–H groups in total. The van der Waals surface area contributed by atoms with Gasteiger partial charge in [0, 0.05) is 17.9 Å². The highest BCUT2D eigenvalue weighted by Crippen LogP contribution is 2.22. The molecule has 0 saturated heterocycles. The molecular weight excluding hydrogens is 252 g/mol. The van der Waals surface area contributed by atoms with Crippen LogP contribution in [0.25, 0.3) is 5.69 Å². The quantitative estimate of drug-likeness (QED) is 0.841. The Labute approximate surface area is 118 Å². The lowest BCUT2D eigenvalue weighted by Crippen LogP contribution is -2.24. The summed E-state index contributed by atoms with van der Waals surface area (Å²) in [6.45, 7) is 8.43. The summed E-state index contributed by atoms with van der Waals surface area (Å²) in [5.41, 5.74) is 10.8. The van der Waals surface area contributed by atoms with E-state index < -0.39 is 0 Å². The maximum absolute atomic E-state index is 12.2. The molecule has 0 aliphatic rings. The molecule has 5 nitrogen and oxygen atoms in total. The summed E-state index contributed by atoms with van der Waals surface area (Å²) in [4.78, 5) is 12.2. The Kier molecular flexibility index (Phi) is 3.79. The molecule has 2 aromatic rings. The largest absolute Gasteiger partial charge is 0.399 e. The normalized spacial score (nSPS) is 10.6. The van der Waals surface area contributed by atoms with Gasteiger partial charge in [-0.3, -0.25) is 4.79 Å². The zero-order valence-electron chi connectivity index (χ0n) is 12.3. The Morgan fingerprint density at radius 3 is 2.60 bits per heavy atom. The molecule has 0 unspecified atom stereocenters. The molecule has 0 fully saturated rings. The summed E-state index contributed by atoms with van der Waals surface area (Å²) in [5, 5.41) is 7.32. The first-order valence-electron chi connectivity index (χ1n) is 6.66. The molecule has 1 heterocycles. The number of nitrogens with zero attached hydrogens (tertiary/aromatic N) is 2. The van der Waals surface area contributed by atoms with Crippen molar-refractivity contribution < 1.29 is 4.79 Å². The van der Waals surface area contributed by atoms with Crippen molar-refractivity contribution >= 4 is 11.6 Å². The minimum absolute atomic E-state index is 0.118. The molecule has 0 radical (unpaired) electrons. The number of hydrogen-bond acceptors (Lipinski definition) is 3. The van der Waals surface area contributed by atoms with Crippen LogP contribution >= 0.6 is 0 Å². The van der Waals surface area contributed by atoms with Gasteiger partial charge >= 0.3 is 0 Å². The minimum atomic E-state index is -0.118. The van der Waals surface area contributed by atoms with Crippen LogP contribution in [0.5, 0.6) is 0 Å². The van der Waals surface area contributed by atoms with E-state index >= 15 is 0 Å². The number of aromatic nitrogens is 2. The van der Waals surface area contributed by atoms with Crippen molar-refractivity contribution in [3.05, 3.63) is 40.7 Å². The second kappa shape index (κ2) is 5.36. The maximum atomic E-state index is 12.2. The van der Waals surface area contributed by atoms with Gasteiger partial charge in [-0.25, -0.2) is 4.68 Å². The molecule has 20 heavy (non-hydrogen) atoms. The van der Waals surface area contributed by atoms with Crippen LogP contribution in [0.3, 0.4) is 0 Å². The Balaban J connectivity index is 2.62. The van der Waals surface area contributed by atoms with Gasteiger partial charge in [0.2, 0.25) is 0 Å². The molecule has 1 amide bonds. The number of rotatable bonds is 3. The van der Waals surface area contributed by atoms with Gasteiger partial charge in [0.05, 0.1) is 16.9 Å². The third-order valence-electron chi connectivity index (χ3n) is 3.49. The highest BCUT2D eigenvalue weighted by atomic mass is 16.1.